The maximum absolute atomic E-state index is 13.1. The van der Waals surface area contributed by atoms with Gasteiger partial charge in [0.15, 0.2) is 0 Å². The molecule has 0 radical (unpaired) electrons. The van der Waals surface area contributed by atoms with E-state index in [0.717, 1.165) is 6.07 Å². The lowest BCUT2D eigenvalue weighted by Gasteiger charge is -2.15. The molecule has 0 aromatic heterocycles. The molecule has 2 rings (SSSR count). The van der Waals surface area contributed by atoms with Gasteiger partial charge in [-0.1, -0.05) is 24.3 Å². The fourth-order valence-corrected chi connectivity index (χ4v) is 1.92. The lowest BCUT2D eigenvalue weighted by atomic mass is 10.1. The topological polar surface area (TPSA) is 41.5 Å². The number of aliphatic hydroxyl groups is 1. The van der Waals surface area contributed by atoms with Crippen LogP contribution in [0.15, 0.2) is 42.5 Å². The van der Waals surface area contributed by atoms with Gasteiger partial charge in [-0.3, -0.25) is 0 Å². The summed E-state index contributed by atoms with van der Waals surface area (Å²) >= 11 is 0. The van der Waals surface area contributed by atoms with E-state index < -0.39 is 17.9 Å². The Hall–Kier alpha value is -2.28. The first-order chi connectivity index (χ1) is 10.4. The summed E-state index contributed by atoms with van der Waals surface area (Å²) in [7, 11) is 0. The van der Waals surface area contributed by atoms with E-state index in [2.05, 4.69) is 10.1 Å². The van der Waals surface area contributed by atoms with E-state index in [1.807, 2.05) is 0 Å². The Kier molecular flexibility index (Phi) is 4.87. The van der Waals surface area contributed by atoms with Crippen molar-refractivity contribution in [2.75, 3.05) is 5.32 Å². The maximum atomic E-state index is 13.1. The van der Waals surface area contributed by atoms with Crippen molar-refractivity contribution in [2.24, 2.45) is 0 Å². The Morgan fingerprint density at radius 2 is 1.77 bits per heavy atom. The third-order valence-corrected chi connectivity index (χ3v) is 2.91. The molecule has 0 aliphatic rings. The van der Waals surface area contributed by atoms with Gasteiger partial charge in [0.25, 0.3) is 0 Å². The van der Waals surface area contributed by atoms with Crippen LogP contribution < -0.4 is 10.1 Å². The molecular weight excluding hydrogens is 302 g/mol. The highest BCUT2D eigenvalue weighted by Crippen LogP contribution is 2.28. The molecule has 2 aromatic rings. The van der Waals surface area contributed by atoms with Crippen LogP contribution in [-0.4, -0.2) is 11.5 Å². The molecule has 2 aromatic carbocycles. The second kappa shape index (κ2) is 6.65. The number of benzene rings is 2. The van der Waals surface area contributed by atoms with Gasteiger partial charge in [-0.2, -0.15) is 0 Å². The van der Waals surface area contributed by atoms with Gasteiger partial charge in [-0.15, -0.1) is 13.2 Å². The van der Waals surface area contributed by atoms with Gasteiger partial charge < -0.3 is 15.2 Å². The summed E-state index contributed by atoms with van der Waals surface area (Å²) in [6, 6.07) is 9.76. The highest BCUT2D eigenvalue weighted by Gasteiger charge is 2.32. The summed E-state index contributed by atoms with van der Waals surface area (Å²) in [6.45, 7) is -0.221. The fourth-order valence-electron chi connectivity index (χ4n) is 1.92. The largest absolute Gasteiger partial charge is 0.573 e. The first-order valence-electron chi connectivity index (χ1n) is 6.36. The number of para-hydroxylation sites is 1. The van der Waals surface area contributed by atoms with Gasteiger partial charge in [0, 0.05) is 29.4 Å². The van der Waals surface area contributed by atoms with Crippen LogP contribution in [0.25, 0.3) is 0 Å². The van der Waals surface area contributed by atoms with Crippen LogP contribution in [0.3, 0.4) is 0 Å². The Morgan fingerprint density at radius 3 is 2.45 bits per heavy atom. The molecule has 0 atom stereocenters. The quantitative estimate of drug-likeness (QED) is 0.824. The highest BCUT2D eigenvalue weighted by molar-refractivity contribution is 5.51. The van der Waals surface area contributed by atoms with E-state index in [1.165, 1.54) is 6.07 Å². The molecule has 2 N–H and O–H groups in total. The van der Waals surface area contributed by atoms with E-state index in [1.54, 1.807) is 24.3 Å². The van der Waals surface area contributed by atoms with Gasteiger partial charge in [0.05, 0.1) is 6.61 Å². The molecule has 0 heterocycles. The maximum Gasteiger partial charge on any atom is 0.573 e. The molecule has 0 aliphatic carbocycles. The Morgan fingerprint density at radius 1 is 1.05 bits per heavy atom. The Labute approximate surface area is 124 Å². The van der Waals surface area contributed by atoms with E-state index in [4.69, 9.17) is 0 Å². The minimum absolute atomic E-state index is 0.0112. The van der Waals surface area contributed by atoms with E-state index in [0.29, 0.717) is 17.3 Å². The van der Waals surface area contributed by atoms with Crippen LogP contribution in [-0.2, 0) is 13.2 Å². The van der Waals surface area contributed by atoms with Crippen molar-refractivity contribution >= 4 is 5.69 Å². The van der Waals surface area contributed by atoms with Crippen molar-refractivity contribution in [3.8, 4) is 5.75 Å². The molecule has 0 spiro atoms. The zero-order valence-corrected chi connectivity index (χ0v) is 11.3. The second-order valence-electron chi connectivity index (χ2n) is 4.47. The molecule has 7 heteroatoms. The van der Waals surface area contributed by atoms with Gasteiger partial charge >= 0.3 is 6.36 Å². The number of hydrogen-bond donors (Lipinski definition) is 2. The minimum atomic E-state index is -4.90. The SMILES string of the molecule is OCc1ccccc1NCc1ccc(F)cc1OC(F)(F)F. The van der Waals surface area contributed by atoms with E-state index >= 15 is 0 Å². The molecule has 3 nitrogen and oxygen atoms in total. The molecule has 0 saturated carbocycles. The highest BCUT2D eigenvalue weighted by atomic mass is 19.4. The molecule has 0 bridgehead atoms. The van der Waals surface area contributed by atoms with Crippen LogP contribution in [0, 0.1) is 5.82 Å². The Bertz CT molecular complexity index is 644. The lowest BCUT2D eigenvalue weighted by molar-refractivity contribution is -0.274. The zero-order valence-electron chi connectivity index (χ0n) is 11.3. The molecule has 118 valence electrons. The average molecular weight is 315 g/mol. The number of halogens is 4. The number of hydrogen-bond acceptors (Lipinski definition) is 3. The second-order valence-corrected chi connectivity index (χ2v) is 4.47. The van der Waals surface area contributed by atoms with Gasteiger partial charge in [0.2, 0.25) is 0 Å². The summed E-state index contributed by atoms with van der Waals surface area (Å²) in [5.74, 6) is -1.42. The van der Waals surface area contributed by atoms with Crippen LogP contribution in [0.1, 0.15) is 11.1 Å². The van der Waals surface area contributed by atoms with Gasteiger partial charge in [-0.05, 0) is 12.1 Å². The zero-order chi connectivity index (χ0) is 16.2. The number of alkyl halides is 3. The van der Waals surface area contributed by atoms with E-state index in [-0.39, 0.29) is 18.7 Å². The predicted molar refractivity (Wildman–Crippen MR) is 72.8 cm³/mol. The molecule has 0 unspecified atom stereocenters. The normalized spacial score (nSPS) is 11.3. The van der Waals surface area contributed by atoms with Gasteiger partial charge in [-0.25, -0.2) is 4.39 Å². The van der Waals surface area contributed by atoms with Crippen LogP contribution in [0.4, 0.5) is 23.2 Å². The van der Waals surface area contributed by atoms with Gasteiger partial charge in [0.1, 0.15) is 11.6 Å². The van der Waals surface area contributed by atoms with Crippen molar-refractivity contribution in [2.45, 2.75) is 19.5 Å². The standard InChI is InChI=1S/C15H13F4NO2/c16-12-6-5-10(14(7-12)22-15(17,18)19)8-20-13-4-2-1-3-11(13)9-21/h1-7,20-21H,8-9H2. The summed E-state index contributed by atoms with van der Waals surface area (Å²) in [5.41, 5.74) is 1.32. The van der Waals surface area contributed by atoms with Crippen molar-refractivity contribution in [1.29, 1.82) is 0 Å². The summed E-state index contributed by atoms with van der Waals surface area (Å²) in [5, 5.41) is 12.1. The number of aliphatic hydroxyl groups excluding tert-OH is 1. The summed E-state index contributed by atoms with van der Waals surface area (Å²) in [6.07, 6.45) is -4.90. The average Bonchev–Trinajstić information content (AvgIpc) is 2.45. The molecule has 0 fully saturated rings. The molecule has 22 heavy (non-hydrogen) atoms. The smallest absolute Gasteiger partial charge is 0.405 e. The minimum Gasteiger partial charge on any atom is -0.405 e. The van der Waals surface area contributed by atoms with Crippen LogP contribution >= 0.6 is 0 Å². The number of anilines is 1. The lowest BCUT2D eigenvalue weighted by Crippen LogP contribution is -2.19. The van der Waals surface area contributed by atoms with E-state index in [9.17, 15) is 22.7 Å². The molecular formula is C15H13F4NO2. The van der Waals surface area contributed by atoms with Crippen LogP contribution in [0.5, 0.6) is 5.75 Å². The first-order valence-corrected chi connectivity index (χ1v) is 6.36. The third kappa shape index (κ3) is 4.36. The first kappa shape index (κ1) is 16.1. The monoisotopic (exact) mass is 315 g/mol. The predicted octanol–water partition coefficient (Wildman–Crippen LogP) is 3.83. The third-order valence-electron chi connectivity index (χ3n) is 2.91. The Balaban J connectivity index is 2.19. The summed E-state index contributed by atoms with van der Waals surface area (Å²) in [4.78, 5) is 0. The van der Waals surface area contributed by atoms with Crippen molar-refractivity contribution in [3.05, 3.63) is 59.4 Å². The van der Waals surface area contributed by atoms with Crippen molar-refractivity contribution in [3.63, 3.8) is 0 Å². The van der Waals surface area contributed by atoms with Crippen molar-refractivity contribution in [1.82, 2.24) is 0 Å². The van der Waals surface area contributed by atoms with Crippen molar-refractivity contribution < 1.29 is 27.4 Å². The molecule has 0 aliphatic heterocycles. The fraction of sp³-hybridized carbons (Fsp3) is 0.200. The molecule has 0 saturated heterocycles. The number of rotatable bonds is 5. The number of nitrogens with one attached hydrogen (secondary N) is 1. The summed E-state index contributed by atoms with van der Waals surface area (Å²) < 4.78 is 53.9. The van der Waals surface area contributed by atoms with Crippen LogP contribution in [0.2, 0.25) is 0 Å². The molecule has 0 amide bonds. The number of ether oxygens (including phenoxy) is 1.